The van der Waals surface area contributed by atoms with Crippen LogP contribution in [-0.2, 0) is 6.18 Å². The Kier molecular flexibility index (Phi) is 8.56. The summed E-state index contributed by atoms with van der Waals surface area (Å²) in [6.07, 6.45) is -2.07. The van der Waals surface area contributed by atoms with Gasteiger partial charge in [-0.3, -0.25) is 4.99 Å². The second-order valence-corrected chi connectivity index (χ2v) is 5.95. The smallest absolute Gasteiger partial charge is 0.345 e. The standard InChI is InChI=1S/C18H22F3N3.HI/c1-14-8-11-24(12-9-14)17(22-2)23-10-4-6-15-5-3-7-16(13-15)18(19,20)21;/h3,5,7,13-14H,8-12H2,1-2H3,(H,22,23);1H. The highest BCUT2D eigenvalue weighted by Gasteiger charge is 2.30. The number of hydrogen-bond acceptors (Lipinski definition) is 1. The summed E-state index contributed by atoms with van der Waals surface area (Å²) in [4.78, 5) is 6.43. The Morgan fingerprint density at radius 1 is 1.32 bits per heavy atom. The van der Waals surface area contributed by atoms with Gasteiger partial charge in [-0.15, -0.1) is 24.0 Å². The quantitative estimate of drug-likeness (QED) is 0.294. The predicted molar refractivity (Wildman–Crippen MR) is 105 cm³/mol. The summed E-state index contributed by atoms with van der Waals surface area (Å²) in [5.41, 5.74) is -0.325. The van der Waals surface area contributed by atoms with Crippen LogP contribution in [0.3, 0.4) is 0 Å². The summed E-state index contributed by atoms with van der Waals surface area (Å²) >= 11 is 0. The molecule has 0 aromatic heterocycles. The average Bonchev–Trinajstić information content (AvgIpc) is 2.56. The van der Waals surface area contributed by atoms with Crippen LogP contribution in [0.25, 0.3) is 0 Å². The van der Waals surface area contributed by atoms with E-state index in [1.165, 1.54) is 6.07 Å². The molecule has 1 aliphatic rings. The van der Waals surface area contributed by atoms with Gasteiger partial charge in [0.1, 0.15) is 0 Å². The van der Waals surface area contributed by atoms with Crippen molar-refractivity contribution in [1.82, 2.24) is 10.2 Å². The Hall–Kier alpha value is -1.43. The number of nitrogens with zero attached hydrogens (tertiary/aromatic N) is 2. The van der Waals surface area contributed by atoms with Gasteiger partial charge >= 0.3 is 6.18 Å². The lowest BCUT2D eigenvalue weighted by Crippen LogP contribution is -2.45. The van der Waals surface area contributed by atoms with E-state index in [1.54, 1.807) is 13.1 Å². The van der Waals surface area contributed by atoms with Gasteiger partial charge in [0, 0.05) is 25.7 Å². The highest BCUT2D eigenvalue weighted by atomic mass is 127. The number of likely N-dealkylation sites (tertiary alicyclic amines) is 1. The monoisotopic (exact) mass is 465 g/mol. The van der Waals surface area contributed by atoms with Crippen LogP contribution in [0.4, 0.5) is 13.2 Å². The molecule has 1 N–H and O–H groups in total. The van der Waals surface area contributed by atoms with Crippen LogP contribution < -0.4 is 5.32 Å². The van der Waals surface area contributed by atoms with Crippen LogP contribution in [0, 0.1) is 17.8 Å². The molecule has 1 aliphatic heterocycles. The van der Waals surface area contributed by atoms with Crippen LogP contribution >= 0.6 is 24.0 Å². The Bertz CT molecular complexity index is 639. The van der Waals surface area contributed by atoms with Crippen molar-refractivity contribution in [2.24, 2.45) is 10.9 Å². The Labute approximate surface area is 164 Å². The van der Waals surface area contributed by atoms with Gasteiger partial charge in [-0.05, 0) is 37.0 Å². The summed E-state index contributed by atoms with van der Waals surface area (Å²) in [6.45, 7) is 4.51. The number of hydrogen-bond donors (Lipinski definition) is 1. The van der Waals surface area contributed by atoms with E-state index in [2.05, 4.69) is 34.0 Å². The van der Waals surface area contributed by atoms with Crippen molar-refractivity contribution in [2.75, 3.05) is 26.7 Å². The van der Waals surface area contributed by atoms with Gasteiger partial charge in [0.25, 0.3) is 0 Å². The molecule has 0 spiro atoms. The van der Waals surface area contributed by atoms with Gasteiger partial charge in [-0.25, -0.2) is 0 Å². The van der Waals surface area contributed by atoms with Gasteiger partial charge in [0.05, 0.1) is 12.1 Å². The van der Waals surface area contributed by atoms with Crippen LogP contribution in [0.1, 0.15) is 30.9 Å². The highest BCUT2D eigenvalue weighted by molar-refractivity contribution is 14.0. The number of guanidine groups is 1. The first-order valence-corrected chi connectivity index (χ1v) is 8.02. The number of benzene rings is 1. The molecule has 0 saturated carbocycles. The molecule has 7 heteroatoms. The van der Waals surface area contributed by atoms with E-state index in [-0.39, 0.29) is 24.0 Å². The molecule has 138 valence electrons. The maximum Gasteiger partial charge on any atom is 0.416 e. The fourth-order valence-corrected chi connectivity index (χ4v) is 2.60. The molecule has 0 bridgehead atoms. The first kappa shape index (κ1) is 21.6. The third kappa shape index (κ3) is 6.77. The van der Waals surface area contributed by atoms with Crippen molar-refractivity contribution in [1.29, 1.82) is 0 Å². The van der Waals surface area contributed by atoms with Crippen molar-refractivity contribution < 1.29 is 13.2 Å². The second-order valence-electron chi connectivity index (χ2n) is 5.95. The maximum atomic E-state index is 12.7. The molecule has 0 radical (unpaired) electrons. The first-order valence-electron chi connectivity index (χ1n) is 8.02. The Morgan fingerprint density at radius 3 is 2.60 bits per heavy atom. The van der Waals surface area contributed by atoms with E-state index in [9.17, 15) is 13.2 Å². The summed E-state index contributed by atoms with van der Waals surface area (Å²) in [5, 5.41) is 3.15. The van der Waals surface area contributed by atoms with Crippen LogP contribution in [0.15, 0.2) is 29.3 Å². The summed E-state index contributed by atoms with van der Waals surface area (Å²) in [6, 6.07) is 5.05. The van der Waals surface area contributed by atoms with E-state index in [4.69, 9.17) is 0 Å². The molecule has 1 heterocycles. The number of piperidine rings is 1. The molecule has 3 nitrogen and oxygen atoms in total. The van der Waals surface area contributed by atoms with Crippen LogP contribution in [-0.4, -0.2) is 37.5 Å². The van der Waals surface area contributed by atoms with Gasteiger partial charge in [0.2, 0.25) is 0 Å². The topological polar surface area (TPSA) is 27.6 Å². The van der Waals surface area contributed by atoms with Crippen molar-refractivity contribution in [3.8, 4) is 11.8 Å². The van der Waals surface area contributed by atoms with Crippen molar-refractivity contribution in [3.05, 3.63) is 35.4 Å². The van der Waals surface area contributed by atoms with Crippen molar-refractivity contribution in [3.63, 3.8) is 0 Å². The zero-order valence-corrected chi connectivity index (χ0v) is 16.7. The van der Waals surface area contributed by atoms with E-state index in [0.717, 1.165) is 49.9 Å². The van der Waals surface area contributed by atoms with E-state index < -0.39 is 11.7 Å². The second kappa shape index (κ2) is 9.90. The molecular weight excluding hydrogens is 442 g/mol. The lowest BCUT2D eigenvalue weighted by atomic mass is 10.00. The molecular formula is C18H23F3IN3. The third-order valence-electron chi connectivity index (χ3n) is 4.05. The molecule has 1 saturated heterocycles. The molecule has 1 aromatic rings. The Balaban J connectivity index is 0.00000312. The van der Waals surface area contributed by atoms with E-state index in [0.29, 0.717) is 12.1 Å². The summed E-state index contributed by atoms with van der Waals surface area (Å²) < 4.78 is 38.0. The summed E-state index contributed by atoms with van der Waals surface area (Å²) in [7, 11) is 1.72. The molecule has 2 rings (SSSR count). The lowest BCUT2D eigenvalue weighted by Gasteiger charge is -2.32. The average molecular weight is 465 g/mol. The maximum absolute atomic E-state index is 12.7. The minimum Gasteiger partial charge on any atom is -0.345 e. The summed E-state index contributed by atoms with van der Waals surface area (Å²) in [5.74, 6) is 7.15. The van der Waals surface area contributed by atoms with Crippen molar-refractivity contribution in [2.45, 2.75) is 25.9 Å². The predicted octanol–water partition coefficient (Wildman–Crippen LogP) is 3.98. The highest BCUT2D eigenvalue weighted by Crippen LogP contribution is 2.29. The number of nitrogens with one attached hydrogen (secondary N) is 1. The van der Waals surface area contributed by atoms with Gasteiger partial charge in [-0.1, -0.05) is 24.8 Å². The normalized spacial score (nSPS) is 15.9. The molecule has 0 aliphatic carbocycles. The van der Waals surface area contributed by atoms with Crippen molar-refractivity contribution >= 4 is 29.9 Å². The van der Waals surface area contributed by atoms with Gasteiger partial charge in [0.15, 0.2) is 5.96 Å². The molecule has 0 unspecified atom stereocenters. The molecule has 1 fully saturated rings. The molecule has 0 amide bonds. The van der Waals surface area contributed by atoms with Gasteiger partial charge < -0.3 is 10.2 Å². The van der Waals surface area contributed by atoms with Crippen LogP contribution in [0.2, 0.25) is 0 Å². The molecule has 25 heavy (non-hydrogen) atoms. The minimum atomic E-state index is -4.34. The number of halogens is 4. The Morgan fingerprint density at radius 2 is 2.00 bits per heavy atom. The van der Waals surface area contributed by atoms with Gasteiger partial charge in [-0.2, -0.15) is 13.2 Å². The number of aliphatic imine (C=N–C) groups is 1. The fraction of sp³-hybridized carbons (Fsp3) is 0.500. The van der Waals surface area contributed by atoms with E-state index >= 15 is 0 Å². The number of alkyl halides is 3. The fourth-order valence-electron chi connectivity index (χ4n) is 2.60. The number of rotatable bonds is 1. The minimum absolute atomic E-state index is 0. The van der Waals surface area contributed by atoms with Crippen LogP contribution in [0.5, 0.6) is 0 Å². The zero-order chi connectivity index (χ0) is 17.6. The third-order valence-corrected chi connectivity index (χ3v) is 4.05. The SMILES string of the molecule is CN=C(NCC#Cc1cccc(C(F)(F)F)c1)N1CCC(C)CC1.I. The molecule has 0 atom stereocenters. The van der Waals surface area contributed by atoms with E-state index in [1.807, 2.05) is 0 Å². The first-order chi connectivity index (χ1) is 11.4. The zero-order valence-electron chi connectivity index (χ0n) is 14.4. The largest absolute Gasteiger partial charge is 0.416 e. The lowest BCUT2D eigenvalue weighted by molar-refractivity contribution is -0.137. The molecule has 1 aromatic carbocycles.